The highest BCUT2D eigenvalue weighted by atomic mass is 35.5. The fourth-order valence-electron chi connectivity index (χ4n) is 2.18. The Labute approximate surface area is 109 Å². The Bertz CT molecular complexity index is 588. The number of hydrogen-bond acceptors (Lipinski definition) is 3. The SMILES string of the molecule is Fc1ccc2c(c1)N(c1cncc(CCl)n1)CC2. The van der Waals surface area contributed by atoms with Crippen LogP contribution in [0, 0.1) is 5.82 Å². The van der Waals surface area contributed by atoms with Crippen molar-refractivity contribution in [1.29, 1.82) is 0 Å². The van der Waals surface area contributed by atoms with Gasteiger partial charge in [0, 0.05) is 18.4 Å². The summed E-state index contributed by atoms with van der Waals surface area (Å²) < 4.78 is 13.3. The minimum atomic E-state index is -0.234. The molecule has 18 heavy (non-hydrogen) atoms. The normalized spacial score (nSPS) is 13.8. The summed E-state index contributed by atoms with van der Waals surface area (Å²) in [6.07, 6.45) is 4.21. The molecule has 5 heteroatoms. The van der Waals surface area contributed by atoms with Crippen LogP contribution in [0.1, 0.15) is 11.3 Å². The number of benzene rings is 1. The fourth-order valence-corrected chi connectivity index (χ4v) is 2.31. The van der Waals surface area contributed by atoms with Crippen molar-refractivity contribution in [3.63, 3.8) is 0 Å². The molecule has 0 aliphatic carbocycles. The van der Waals surface area contributed by atoms with E-state index in [-0.39, 0.29) is 5.82 Å². The number of aromatic nitrogens is 2. The Balaban J connectivity index is 2.02. The minimum Gasteiger partial charge on any atom is -0.324 e. The first-order valence-corrected chi connectivity index (χ1v) is 6.24. The molecule has 1 aromatic carbocycles. The Kier molecular flexibility index (Phi) is 2.88. The van der Waals surface area contributed by atoms with Crippen molar-refractivity contribution in [2.75, 3.05) is 11.4 Å². The number of anilines is 2. The Hall–Kier alpha value is -1.68. The molecule has 0 spiro atoms. The first-order chi connectivity index (χ1) is 8.78. The van der Waals surface area contributed by atoms with Crippen molar-refractivity contribution in [3.8, 4) is 0 Å². The third kappa shape index (κ3) is 1.93. The van der Waals surface area contributed by atoms with Crippen LogP contribution in [-0.4, -0.2) is 16.5 Å². The van der Waals surface area contributed by atoms with Gasteiger partial charge in [-0.3, -0.25) is 4.98 Å². The zero-order chi connectivity index (χ0) is 12.5. The number of hydrogen-bond donors (Lipinski definition) is 0. The van der Waals surface area contributed by atoms with Crippen LogP contribution < -0.4 is 4.90 Å². The number of alkyl halides is 1. The van der Waals surface area contributed by atoms with Gasteiger partial charge in [-0.2, -0.15) is 0 Å². The molecule has 3 nitrogen and oxygen atoms in total. The second kappa shape index (κ2) is 4.53. The molecule has 0 N–H and O–H groups in total. The molecule has 92 valence electrons. The van der Waals surface area contributed by atoms with E-state index in [9.17, 15) is 4.39 Å². The Morgan fingerprint density at radius 3 is 3.06 bits per heavy atom. The molecule has 2 heterocycles. The van der Waals surface area contributed by atoms with E-state index in [1.165, 1.54) is 12.1 Å². The third-order valence-corrected chi connectivity index (χ3v) is 3.30. The van der Waals surface area contributed by atoms with E-state index in [1.807, 2.05) is 11.0 Å². The van der Waals surface area contributed by atoms with Gasteiger partial charge in [-0.1, -0.05) is 6.07 Å². The van der Waals surface area contributed by atoms with Crippen LogP contribution in [0.4, 0.5) is 15.9 Å². The second-order valence-corrected chi connectivity index (χ2v) is 4.44. The van der Waals surface area contributed by atoms with E-state index in [2.05, 4.69) is 9.97 Å². The van der Waals surface area contributed by atoms with Crippen molar-refractivity contribution < 1.29 is 4.39 Å². The first-order valence-electron chi connectivity index (χ1n) is 5.71. The maximum absolute atomic E-state index is 13.3. The van der Waals surface area contributed by atoms with Crippen molar-refractivity contribution >= 4 is 23.1 Å². The van der Waals surface area contributed by atoms with Crippen molar-refractivity contribution in [2.45, 2.75) is 12.3 Å². The smallest absolute Gasteiger partial charge is 0.151 e. The van der Waals surface area contributed by atoms with E-state index >= 15 is 0 Å². The summed E-state index contributed by atoms with van der Waals surface area (Å²) in [6, 6.07) is 4.85. The molecule has 1 aliphatic heterocycles. The van der Waals surface area contributed by atoms with Gasteiger partial charge in [0.25, 0.3) is 0 Å². The summed E-state index contributed by atoms with van der Waals surface area (Å²) in [7, 11) is 0. The molecule has 0 saturated carbocycles. The predicted octanol–water partition coefficient (Wildman–Crippen LogP) is 3.05. The quantitative estimate of drug-likeness (QED) is 0.780. The molecule has 1 aliphatic rings. The Morgan fingerprint density at radius 1 is 1.33 bits per heavy atom. The lowest BCUT2D eigenvalue weighted by atomic mass is 10.2. The topological polar surface area (TPSA) is 29.0 Å². The highest BCUT2D eigenvalue weighted by Gasteiger charge is 2.22. The van der Waals surface area contributed by atoms with Crippen LogP contribution >= 0.6 is 11.6 Å². The molecule has 3 rings (SSSR count). The summed E-state index contributed by atoms with van der Waals surface area (Å²) in [5.74, 6) is 0.810. The lowest BCUT2D eigenvalue weighted by Crippen LogP contribution is -2.15. The van der Waals surface area contributed by atoms with Gasteiger partial charge in [0.15, 0.2) is 5.82 Å². The molecule has 0 bridgehead atoms. The number of halogens is 2. The van der Waals surface area contributed by atoms with Gasteiger partial charge in [-0.25, -0.2) is 9.37 Å². The maximum atomic E-state index is 13.3. The van der Waals surface area contributed by atoms with Gasteiger partial charge in [0.2, 0.25) is 0 Å². The van der Waals surface area contributed by atoms with Gasteiger partial charge in [0.1, 0.15) is 5.82 Å². The molecule has 0 saturated heterocycles. The molecule has 0 atom stereocenters. The molecule has 1 aromatic heterocycles. The van der Waals surface area contributed by atoms with Gasteiger partial charge in [0.05, 0.1) is 17.8 Å². The lowest BCUT2D eigenvalue weighted by molar-refractivity contribution is 0.628. The zero-order valence-electron chi connectivity index (χ0n) is 9.61. The van der Waals surface area contributed by atoms with Gasteiger partial charge < -0.3 is 4.90 Å². The predicted molar refractivity (Wildman–Crippen MR) is 68.7 cm³/mol. The summed E-state index contributed by atoms with van der Waals surface area (Å²) >= 11 is 5.75. The molecule has 0 radical (unpaired) electrons. The summed E-state index contributed by atoms with van der Waals surface area (Å²) in [6.45, 7) is 0.791. The summed E-state index contributed by atoms with van der Waals surface area (Å²) in [5.41, 5.74) is 2.73. The first kappa shape index (κ1) is 11.4. The van der Waals surface area contributed by atoms with E-state index in [0.717, 1.165) is 35.7 Å². The fraction of sp³-hybridized carbons (Fsp3) is 0.231. The molecule has 0 fully saturated rings. The van der Waals surface area contributed by atoms with Gasteiger partial charge in [-0.15, -0.1) is 11.6 Å². The highest BCUT2D eigenvalue weighted by molar-refractivity contribution is 6.16. The molecule has 0 unspecified atom stereocenters. The van der Waals surface area contributed by atoms with Gasteiger partial charge in [-0.05, 0) is 24.1 Å². The van der Waals surface area contributed by atoms with Crippen molar-refractivity contribution in [2.24, 2.45) is 0 Å². The number of fused-ring (bicyclic) bond motifs is 1. The van der Waals surface area contributed by atoms with Crippen LogP contribution in [-0.2, 0) is 12.3 Å². The van der Waals surface area contributed by atoms with E-state index in [1.54, 1.807) is 12.4 Å². The van der Waals surface area contributed by atoms with E-state index in [0.29, 0.717) is 5.88 Å². The summed E-state index contributed by atoms with van der Waals surface area (Å²) in [5, 5.41) is 0. The molecular formula is C13H11ClFN3. The van der Waals surface area contributed by atoms with Crippen molar-refractivity contribution in [1.82, 2.24) is 9.97 Å². The highest BCUT2D eigenvalue weighted by Crippen LogP contribution is 2.33. The molecule has 2 aromatic rings. The largest absolute Gasteiger partial charge is 0.324 e. The summed E-state index contributed by atoms with van der Waals surface area (Å²) in [4.78, 5) is 10.5. The minimum absolute atomic E-state index is 0.234. The molecule has 0 amide bonds. The average Bonchev–Trinajstić information content (AvgIpc) is 2.81. The number of nitrogens with zero attached hydrogens (tertiary/aromatic N) is 3. The van der Waals surface area contributed by atoms with E-state index < -0.39 is 0 Å². The third-order valence-electron chi connectivity index (χ3n) is 3.03. The van der Waals surface area contributed by atoms with Gasteiger partial charge >= 0.3 is 0 Å². The number of rotatable bonds is 2. The van der Waals surface area contributed by atoms with Crippen LogP contribution in [0.15, 0.2) is 30.6 Å². The molecular weight excluding hydrogens is 253 g/mol. The van der Waals surface area contributed by atoms with E-state index in [4.69, 9.17) is 11.6 Å². The second-order valence-electron chi connectivity index (χ2n) is 4.18. The monoisotopic (exact) mass is 263 g/mol. The Morgan fingerprint density at radius 2 is 2.22 bits per heavy atom. The zero-order valence-corrected chi connectivity index (χ0v) is 10.4. The maximum Gasteiger partial charge on any atom is 0.151 e. The van der Waals surface area contributed by atoms with Crippen LogP contribution in [0.5, 0.6) is 0 Å². The lowest BCUT2D eigenvalue weighted by Gasteiger charge is -2.18. The van der Waals surface area contributed by atoms with Crippen LogP contribution in [0.25, 0.3) is 0 Å². The van der Waals surface area contributed by atoms with Crippen molar-refractivity contribution in [3.05, 3.63) is 47.7 Å². The average molecular weight is 264 g/mol. The van der Waals surface area contributed by atoms with Crippen LogP contribution in [0.2, 0.25) is 0 Å². The standard InChI is InChI=1S/C13H11ClFN3/c14-6-11-7-16-8-13(17-11)18-4-3-9-1-2-10(15)5-12(9)18/h1-2,5,7-8H,3-4,6H2. The van der Waals surface area contributed by atoms with Crippen LogP contribution in [0.3, 0.4) is 0 Å².